The lowest BCUT2D eigenvalue weighted by molar-refractivity contribution is 0.675. The molecule has 0 aliphatic heterocycles. The van der Waals surface area contributed by atoms with Gasteiger partial charge >= 0.3 is 0 Å². The molecule has 0 amide bonds. The van der Waals surface area contributed by atoms with E-state index in [1.165, 1.54) is 17.4 Å². The molecule has 82 valence electrons. The number of nitrogens with zero attached hydrogens (tertiary/aromatic N) is 1. The first-order valence-corrected chi connectivity index (χ1v) is 5.93. The summed E-state index contributed by atoms with van der Waals surface area (Å²) in [7, 11) is 0. The Morgan fingerprint density at radius 1 is 1.19 bits per heavy atom. The summed E-state index contributed by atoms with van der Waals surface area (Å²) < 4.78 is 0. The van der Waals surface area contributed by atoms with Gasteiger partial charge in [-0.15, -0.1) is 0 Å². The van der Waals surface area contributed by atoms with Crippen LogP contribution < -0.4 is 5.73 Å². The van der Waals surface area contributed by atoms with E-state index in [1.54, 1.807) is 0 Å². The molecule has 2 aromatic rings. The van der Waals surface area contributed by atoms with Gasteiger partial charge in [0.25, 0.3) is 0 Å². The topological polar surface area (TPSA) is 38.9 Å². The zero-order valence-corrected chi connectivity index (χ0v) is 9.26. The SMILES string of the molecule is NC1CCC(c2ccc3ncccc3c2)C1. The molecule has 1 fully saturated rings. The molecule has 2 heteroatoms. The Morgan fingerprint density at radius 3 is 2.94 bits per heavy atom. The maximum absolute atomic E-state index is 5.96. The second kappa shape index (κ2) is 3.87. The fourth-order valence-electron chi connectivity index (χ4n) is 2.67. The van der Waals surface area contributed by atoms with Crippen molar-refractivity contribution in [3.8, 4) is 0 Å². The number of fused-ring (bicyclic) bond motifs is 1. The van der Waals surface area contributed by atoms with Crippen LogP contribution in [0.2, 0.25) is 0 Å². The number of benzene rings is 1. The van der Waals surface area contributed by atoms with Crippen molar-refractivity contribution in [2.75, 3.05) is 0 Å². The summed E-state index contributed by atoms with van der Waals surface area (Å²) in [5, 5.41) is 1.24. The fourth-order valence-corrected chi connectivity index (χ4v) is 2.67. The number of pyridine rings is 1. The minimum Gasteiger partial charge on any atom is -0.328 e. The smallest absolute Gasteiger partial charge is 0.0702 e. The molecule has 1 saturated carbocycles. The Labute approximate surface area is 95.5 Å². The van der Waals surface area contributed by atoms with Gasteiger partial charge in [-0.05, 0) is 48.9 Å². The Bertz CT molecular complexity index is 507. The van der Waals surface area contributed by atoms with Crippen LogP contribution in [0.15, 0.2) is 36.5 Å². The Kier molecular flexibility index (Phi) is 2.37. The minimum absolute atomic E-state index is 0.398. The van der Waals surface area contributed by atoms with Crippen molar-refractivity contribution in [2.45, 2.75) is 31.2 Å². The number of nitrogens with two attached hydrogens (primary N) is 1. The Morgan fingerprint density at radius 2 is 2.12 bits per heavy atom. The first kappa shape index (κ1) is 9.79. The van der Waals surface area contributed by atoms with Gasteiger partial charge in [0.2, 0.25) is 0 Å². The van der Waals surface area contributed by atoms with Crippen LogP contribution in [-0.2, 0) is 0 Å². The maximum Gasteiger partial charge on any atom is 0.0702 e. The van der Waals surface area contributed by atoms with Crippen LogP contribution in [-0.4, -0.2) is 11.0 Å². The van der Waals surface area contributed by atoms with Crippen molar-refractivity contribution in [3.63, 3.8) is 0 Å². The Balaban J connectivity index is 1.99. The zero-order chi connectivity index (χ0) is 11.0. The molecular formula is C14H16N2. The standard InChI is InChI=1S/C14H16N2/c15-13-5-3-11(9-13)10-4-6-14-12(8-10)2-1-7-16-14/h1-2,4,6-8,11,13H,3,5,9,15H2. The van der Waals surface area contributed by atoms with E-state index >= 15 is 0 Å². The van der Waals surface area contributed by atoms with Gasteiger partial charge in [-0.3, -0.25) is 4.98 Å². The fraction of sp³-hybridized carbons (Fsp3) is 0.357. The minimum atomic E-state index is 0.398. The largest absolute Gasteiger partial charge is 0.328 e. The van der Waals surface area contributed by atoms with Crippen LogP contribution in [0.3, 0.4) is 0 Å². The Hall–Kier alpha value is -1.41. The normalized spacial score (nSPS) is 25.1. The highest BCUT2D eigenvalue weighted by Gasteiger charge is 2.23. The van der Waals surface area contributed by atoms with Gasteiger partial charge in [0.05, 0.1) is 5.52 Å². The predicted octanol–water partition coefficient (Wildman–Crippen LogP) is 2.83. The molecule has 1 aromatic carbocycles. The molecule has 0 spiro atoms. The second-order valence-electron chi connectivity index (χ2n) is 4.73. The molecule has 2 atom stereocenters. The van der Waals surface area contributed by atoms with Crippen molar-refractivity contribution in [3.05, 3.63) is 42.1 Å². The van der Waals surface area contributed by atoms with Crippen molar-refractivity contribution >= 4 is 10.9 Å². The third kappa shape index (κ3) is 1.69. The van der Waals surface area contributed by atoms with Crippen LogP contribution in [0.4, 0.5) is 0 Å². The van der Waals surface area contributed by atoms with Crippen LogP contribution in [0.1, 0.15) is 30.7 Å². The molecule has 16 heavy (non-hydrogen) atoms. The predicted molar refractivity (Wildman–Crippen MR) is 66.3 cm³/mol. The highest BCUT2D eigenvalue weighted by molar-refractivity contribution is 5.79. The van der Waals surface area contributed by atoms with E-state index < -0.39 is 0 Å². The lowest BCUT2D eigenvalue weighted by Gasteiger charge is -2.10. The van der Waals surface area contributed by atoms with E-state index in [9.17, 15) is 0 Å². The molecule has 1 heterocycles. The van der Waals surface area contributed by atoms with Gasteiger partial charge in [-0.25, -0.2) is 0 Å². The molecular weight excluding hydrogens is 196 g/mol. The number of aromatic nitrogens is 1. The summed E-state index contributed by atoms with van der Waals surface area (Å²) >= 11 is 0. The van der Waals surface area contributed by atoms with Crippen LogP contribution in [0, 0.1) is 0 Å². The molecule has 3 rings (SSSR count). The van der Waals surface area contributed by atoms with Gasteiger partial charge in [0.15, 0.2) is 0 Å². The molecule has 0 saturated heterocycles. The average Bonchev–Trinajstić information content (AvgIpc) is 2.75. The molecule has 2 unspecified atom stereocenters. The molecule has 2 nitrogen and oxygen atoms in total. The number of hydrogen-bond donors (Lipinski definition) is 1. The van der Waals surface area contributed by atoms with Crippen molar-refractivity contribution in [2.24, 2.45) is 5.73 Å². The highest BCUT2D eigenvalue weighted by atomic mass is 14.7. The second-order valence-corrected chi connectivity index (χ2v) is 4.73. The average molecular weight is 212 g/mol. The van der Waals surface area contributed by atoms with E-state index in [1.807, 2.05) is 12.3 Å². The third-order valence-electron chi connectivity index (χ3n) is 3.57. The van der Waals surface area contributed by atoms with Crippen LogP contribution in [0.25, 0.3) is 10.9 Å². The van der Waals surface area contributed by atoms with Gasteiger partial charge in [-0.2, -0.15) is 0 Å². The summed E-state index contributed by atoms with van der Waals surface area (Å²) in [6.07, 6.45) is 5.36. The van der Waals surface area contributed by atoms with E-state index in [0.29, 0.717) is 12.0 Å². The summed E-state index contributed by atoms with van der Waals surface area (Å²) in [6.45, 7) is 0. The number of rotatable bonds is 1. The summed E-state index contributed by atoms with van der Waals surface area (Å²) in [5.74, 6) is 0.652. The van der Waals surface area contributed by atoms with Gasteiger partial charge < -0.3 is 5.73 Å². The zero-order valence-electron chi connectivity index (χ0n) is 9.26. The van der Waals surface area contributed by atoms with Crippen molar-refractivity contribution < 1.29 is 0 Å². The first-order valence-electron chi connectivity index (χ1n) is 5.93. The van der Waals surface area contributed by atoms with Gasteiger partial charge in [0.1, 0.15) is 0 Å². The first-order chi connectivity index (χ1) is 7.83. The van der Waals surface area contributed by atoms with E-state index in [-0.39, 0.29) is 0 Å². The van der Waals surface area contributed by atoms with Gasteiger partial charge in [-0.1, -0.05) is 12.1 Å². The summed E-state index contributed by atoms with van der Waals surface area (Å²) in [5.41, 5.74) is 8.46. The third-order valence-corrected chi connectivity index (χ3v) is 3.57. The lowest BCUT2D eigenvalue weighted by atomic mass is 9.96. The molecule has 2 N–H and O–H groups in total. The van der Waals surface area contributed by atoms with Crippen molar-refractivity contribution in [1.82, 2.24) is 4.98 Å². The van der Waals surface area contributed by atoms with Crippen molar-refractivity contribution in [1.29, 1.82) is 0 Å². The highest BCUT2D eigenvalue weighted by Crippen LogP contribution is 2.34. The molecule has 1 aliphatic carbocycles. The van der Waals surface area contributed by atoms with E-state index in [2.05, 4.69) is 29.2 Å². The molecule has 1 aliphatic rings. The molecule has 0 bridgehead atoms. The number of hydrogen-bond acceptors (Lipinski definition) is 2. The summed E-state index contributed by atoms with van der Waals surface area (Å²) in [6, 6.07) is 11.1. The quantitative estimate of drug-likeness (QED) is 0.789. The lowest BCUT2D eigenvalue weighted by Crippen LogP contribution is -2.14. The molecule has 0 radical (unpaired) electrons. The van der Waals surface area contributed by atoms with Crippen LogP contribution >= 0.6 is 0 Å². The molecule has 1 aromatic heterocycles. The monoisotopic (exact) mass is 212 g/mol. The van der Waals surface area contributed by atoms with Crippen LogP contribution in [0.5, 0.6) is 0 Å². The van der Waals surface area contributed by atoms with E-state index in [0.717, 1.165) is 18.4 Å². The van der Waals surface area contributed by atoms with E-state index in [4.69, 9.17) is 5.73 Å². The van der Waals surface area contributed by atoms with Gasteiger partial charge in [0, 0.05) is 17.6 Å². The maximum atomic E-state index is 5.96. The summed E-state index contributed by atoms with van der Waals surface area (Å²) in [4.78, 5) is 4.34.